The number of halogens is 3. The Morgan fingerprint density at radius 1 is 1.28 bits per heavy atom. The molecule has 6 rings (SSSR count). The van der Waals surface area contributed by atoms with Crippen molar-refractivity contribution in [2.45, 2.75) is 31.2 Å². The molecule has 5 heterocycles. The van der Waals surface area contributed by atoms with E-state index < -0.39 is 11.8 Å². The Morgan fingerprint density at radius 2 is 2.11 bits per heavy atom. The van der Waals surface area contributed by atoms with Crippen LogP contribution in [0.3, 0.4) is 0 Å². The minimum absolute atomic E-state index is 0.122. The van der Waals surface area contributed by atoms with Crippen LogP contribution < -0.4 is 0 Å². The minimum Gasteiger partial charge on any atom is -0.419 e. The summed E-state index contributed by atoms with van der Waals surface area (Å²) in [5.41, 5.74) is 1.54. The van der Waals surface area contributed by atoms with Gasteiger partial charge in [-0.3, -0.25) is 14.7 Å². The topological polar surface area (TPSA) is 84.6 Å². The van der Waals surface area contributed by atoms with E-state index in [1.165, 1.54) is 29.5 Å². The molecule has 0 bridgehead atoms. The highest BCUT2D eigenvalue weighted by molar-refractivity contribution is 7.11. The zero-order chi connectivity index (χ0) is 25.1. The Hall–Kier alpha value is -2.47. The van der Waals surface area contributed by atoms with E-state index in [0.29, 0.717) is 54.3 Å². The second kappa shape index (κ2) is 8.83. The SMILES string of the molecule is Cc1cc(C(F)(F)c2nnc(C3CN(C(=O)c4cncs4)CC34CN(C3CCOC3)C4)o2)ccc1Cl. The summed E-state index contributed by atoms with van der Waals surface area (Å²) in [6, 6.07) is 4.35. The van der Waals surface area contributed by atoms with Crippen LogP contribution in [0.5, 0.6) is 0 Å². The van der Waals surface area contributed by atoms with E-state index in [1.807, 2.05) is 0 Å². The summed E-state index contributed by atoms with van der Waals surface area (Å²) in [7, 11) is 0. The van der Waals surface area contributed by atoms with Crippen LogP contribution in [0.4, 0.5) is 8.78 Å². The van der Waals surface area contributed by atoms with Gasteiger partial charge in [-0.05, 0) is 31.0 Å². The number of aryl methyl sites for hydroxylation is 1. The van der Waals surface area contributed by atoms with Crippen molar-refractivity contribution in [3.8, 4) is 0 Å². The first kappa shape index (κ1) is 23.9. The van der Waals surface area contributed by atoms with Gasteiger partial charge in [-0.1, -0.05) is 17.7 Å². The number of thiazole rings is 1. The van der Waals surface area contributed by atoms with Gasteiger partial charge >= 0.3 is 5.92 Å². The van der Waals surface area contributed by atoms with Crippen LogP contribution in [-0.2, 0) is 10.7 Å². The number of rotatable bonds is 5. The molecule has 0 aliphatic carbocycles. The van der Waals surface area contributed by atoms with E-state index in [9.17, 15) is 4.79 Å². The third-order valence-corrected chi connectivity index (χ3v) is 8.75. The summed E-state index contributed by atoms with van der Waals surface area (Å²) in [6.07, 6.45) is 2.51. The molecule has 2 aromatic heterocycles. The third kappa shape index (κ3) is 3.93. The molecular formula is C24H24ClF2N5O3S. The molecule has 12 heteroatoms. The van der Waals surface area contributed by atoms with Gasteiger partial charge < -0.3 is 14.1 Å². The predicted octanol–water partition coefficient (Wildman–Crippen LogP) is 3.96. The van der Waals surface area contributed by atoms with E-state index in [1.54, 1.807) is 23.5 Å². The fraction of sp³-hybridized carbons (Fsp3) is 0.500. The largest absolute Gasteiger partial charge is 0.419 e. The van der Waals surface area contributed by atoms with Gasteiger partial charge in [0.05, 0.1) is 24.2 Å². The Labute approximate surface area is 215 Å². The third-order valence-electron chi connectivity index (χ3n) is 7.56. The van der Waals surface area contributed by atoms with E-state index in [0.717, 1.165) is 13.0 Å². The van der Waals surface area contributed by atoms with Gasteiger partial charge in [0.1, 0.15) is 4.88 Å². The molecule has 3 aromatic rings. The van der Waals surface area contributed by atoms with Crippen molar-refractivity contribution >= 4 is 28.8 Å². The number of carbonyl (C=O) groups excluding carboxylic acids is 1. The first-order valence-electron chi connectivity index (χ1n) is 11.7. The first-order valence-corrected chi connectivity index (χ1v) is 13.0. The molecule has 2 atom stereocenters. The Bertz CT molecular complexity index is 1270. The highest BCUT2D eigenvalue weighted by atomic mass is 35.5. The lowest BCUT2D eigenvalue weighted by Gasteiger charge is -2.52. The second-order valence-corrected chi connectivity index (χ2v) is 11.2. The smallest absolute Gasteiger partial charge is 0.349 e. The number of hydrogen-bond donors (Lipinski definition) is 0. The van der Waals surface area contributed by atoms with Crippen LogP contribution in [-0.4, -0.2) is 76.3 Å². The van der Waals surface area contributed by atoms with Crippen molar-refractivity contribution in [3.63, 3.8) is 0 Å². The average Bonchev–Trinajstić information content (AvgIpc) is 3.64. The molecular weight excluding hydrogens is 512 g/mol. The highest BCUT2D eigenvalue weighted by Crippen LogP contribution is 2.51. The van der Waals surface area contributed by atoms with Crippen molar-refractivity contribution < 1.29 is 22.7 Å². The zero-order valence-corrected chi connectivity index (χ0v) is 21.1. The van der Waals surface area contributed by atoms with E-state index in [2.05, 4.69) is 20.1 Å². The van der Waals surface area contributed by atoms with Crippen molar-refractivity contribution in [3.05, 3.63) is 62.7 Å². The van der Waals surface area contributed by atoms with Crippen LogP contribution in [0, 0.1) is 12.3 Å². The summed E-state index contributed by atoms with van der Waals surface area (Å²) in [4.78, 5) is 21.8. The molecule has 190 valence electrons. The van der Waals surface area contributed by atoms with E-state index in [-0.39, 0.29) is 28.7 Å². The maximum Gasteiger partial charge on any atom is 0.349 e. The van der Waals surface area contributed by atoms with Crippen LogP contribution in [0.15, 0.2) is 34.3 Å². The standard InChI is InChI=1S/C24H24ClF2N5O3S/c1-14-6-15(2-3-18(14)25)24(26,27)22-30-29-20(35-22)17-8-31(21(33)19-7-28-13-36-19)10-23(17)11-32(12-23)16-4-5-34-9-16/h2-3,6-7,13,16-17H,4-5,8-12H2,1H3. The summed E-state index contributed by atoms with van der Waals surface area (Å²) in [5.74, 6) is -4.57. The molecule has 3 fully saturated rings. The lowest BCUT2D eigenvalue weighted by atomic mass is 9.70. The molecule has 0 saturated carbocycles. The molecule has 8 nitrogen and oxygen atoms in total. The predicted molar refractivity (Wildman–Crippen MR) is 127 cm³/mol. The lowest BCUT2D eigenvalue weighted by molar-refractivity contribution is -0.0399. The number of likely N-dealkylation sites (tertiary alicyclic amines) is 2. The molecule has 1 spiro atoms. The van der Waals surface area contributed by atoms with Crippen LogP contribution in [0.1, 0.15) is 44.9 Å². The first-order chi connectivity index (χ1) is 17.3. The maximum absolute atomic E-state index is 15.3. The number of amides is 1. The molecule has 1 amide bonds. The lowest BCUT2D eigenvalue weighted by Crippen LogP contribution is -2.63. The van der Waals surface area contributed by atoms with Gasteiger partial charge in [0.2, 0.25) is 5.89 Å². The van der Waals surface area contributed by atoms with Crippen molar-refractivity contribution in [2.75, 3.05) is 39.4 Å². The number of nitrogens with zero attached hydrogens (tertiary/aromatic N) is 5. The van der Waals surface area contributed by atoms with Gasteiger partial charge in [0, 0.05) is 54.8 Å². The Kier molecular flexibility index (Phi) is 5.86. The number of benzene rings is 1. The molecule has 2 unspecified atom stereocenters. The summed E-state index contributed by atoms with van der Waals surface area (Å²) in [6.45, 7) is 5.31. The van der Waals surface area contributed by atoms with Crippen LogP contribution in [0.2, 0.25) is 5.02 Å². The van der Waals surface area contributed by atoms with E-state index in [4.69, 9.17) is 20.8 Å². The monoisotopic (exact) mass is 535 g/mol. The summed E-state index contributed by atoms with van der Waals surface area (Å²) >= 11 is 7.29. The fourth-order valence-electron chi connectivity index (χ4n) is 5.56. The van der Waals surface area contributed by atoms with Gasteiger partial charge in [0.15, 0.2) is 0 Å². The number of alkyl halides is 2. The number of hydrogen-bond acceptors (Lipinski definition) is 8. The van der Waals surface area contributed by atoms with Crippen molar-refractivity contribution in [1.82, 2.24) is 25.0 Å². The maximum atomic E-state index is 15.3. The summed E-state index contributed by atoms with van der Waals surface area (Å²) < 4.78 is 41.8. The molecule has 0 N–H and O–H groups in total. The van der Waals surface area contributed by atoms with Crippen LogP contribution >= 0.6 is 22.9 Å². The molecule has 0 radical (unpaired) electrons. The molecule has 3 aliphatic heterocycles. The fourth-order valence-corrected chi connectivity index (χ4v) is 6.26. The number of aromatic nitrogens is 3. The minimum atomic E-state index is -3.47. The molecule has 3 saturated heterocycles. The molecule has 36 heavy (non-hydrogen) atoms. The Morgan fingerprint density at radius 3 is 2.81 bits per heavy atom. The number of carbonyl (C=O) groups is 1. The van der Waals surface area contributed by atoms with Gasteiger partial charge in [-0.2, -0.15) is 8.78 Å². The Balaban J connectivity index is 1.28. The van der Waals surface area contributed by atoms with Gasteiger partial charge in [-0.25, -0.2) is 0 Å². The van der Waals surface area contributed by atoms with Crippen molar-refractivity contribution in [1.29, 1.82) is 0 Å². The highest BCUT2D eigenvalue weighted by Gasteiger charge is 2.59. The van der Waals surface area contributed by atoms with Crippen LogP contribution in [0.25, 0.3) is 0 Å². The quantitative estimate of drug-likeness (QED) is 0.489. The number of ether oxygens (including phenoxy) is 1. The van der Waals surface area contributed by atoms with Gasteiger partial charge in [0.25, 0.3) is 11.8 Å². The van der Waals surface area contributed by atoms with E-state index >= 15 is 8.78 Å². The normalized spacial score (nSPS) is 23.9. The van der Waals surface area contributed by atoms with Gasteiger partial charge in [-0.15, -0.1) is 21.5 Å². The molecule has 3 aliphatic rings. The van der Waals surface area contributed by atoms with Crippen molar-refractivity contribution in [2.24, 2.45) is 5.41 Å². The second-order valence-electron chi connectivity index (χ2n) is 9.87. The molecule has 1 aromatic carbocycles. The summed E-state index contributed by atoms with van der Waals surface area (Å²) in [5, 5.41) is 8.23. The zero-order valence-electron chi connectivity index (χ0n) is 19.5. The average molecular weight is 536 g/mol.